The van der Waals surface area contributed by atoms with Crippen LogP contribution in [0, 0.1) is 0 Å². The highest BCUT2D eigenvalue weighted by atomic mass is 16.5. The van der Waals surface area contributed by atoms with Gasteiger partial charge in [-0.15, -0.1) is 0 Å². The summed E-state index contributed by atoms with van der Waals surface area (Å²) in [4.78, 5) is 10.8. The van der Waals surface area contributed by atoms with Crippen molar-refractivity contribution in [1.29, 1.82) is 0 Å². The zero-order valence-electron chi connectivity index (χ0n) is 9.81. The third-order valence-electron chi connectivity index (χ3n) is 3.24. The van der Waals surface area contributed by atoms with E-state index in [-0.39, 0.29) is 5.76 Å². The fourth-order valence-corrected chi connectivity index (χ4v) is 2.26. The number of hydrogen-bond donors (Lipinski definition) is 2. The largest absolute Gasteiger partial charge is 0.475 e. The van der Waals surface area contributed by atoms with Gasteiger partial charge < -0.3 is 19.6 Å². The molecule has 0 aliphatic heterocycles. The molecule has 94 valence electrons. The molecule has 17 heavy (non-hydrogen) atoms. The maximum absolute atomic E-state index is 10.8. The second-order valence-corrected chi connectivity index (χ2v) is 4.33. The number of methoxy groups -OCH3 is 1. The van der Waals surface area contributed by atoms with Crippen LogP contribution in [0.15, 0.2) is 16.7 Å². The average molecular weight is 239 g/mol. The summed E-state index contributed by atoms with van der Waals surface area (Å²) in [5.41, 5.74) is 0.693. The lowest BCUT2D eigenvalue weighted by atomic mass is 10.2. The van der Waals surface area contributed by atoms with Crippen molar-refractivity contribution in [2.24, 2.45) is 0 Å². The van der Waals surface area contributed by atoms with Crippen LogP contribution in [0.2, 0.25) is 0 Å². The predicted octanol–water partition coefficient (Wildman–Crippen LogP) is 1.63. The van der Waals surface area contributed by atoms with Crippen molar-refractivity contribution in [3.05, 3.63) is 23.7 Å². The molecule has 1 aromatic rings. The highest BCUT2D eigenvalue weighted by Gasteiger charge is 2.24. The lowest BCUT2D eigenvalue weighted by molar-refractivity contribution is 0.0660. The minimum atomic E-state index is -1.02. The van der Waals surface area contributed by atoms with E-state index in [0.717, 1.165) is 19.3 Å². The second-order valence-electron chi connectivity index (χ2n) is 4.33. The first-order valence-electron chi connectivity index (χ1n) is 5.76. The molecular formula is C12H17NO4. The van der Waals surface area contributed by atoms with Gasteiger partial charge in [0.05, 0.1) is 12.4 Å². The summed E-state index contributed by atoms with van der Waals surface area (Å²) in [5.74, 6) is -0.994. The Morgan fingerprint density at radius 2 is 2.47 bits per heavy atom. The molecule has 0 bridgehead atoms. The van der Waals surface area contributed by atoms with Gasteiger partial charge in [-0.05, 0) is 25.3 Å². The Labute approximate surface area is 99.8 Å². The molecule has 0 amide bonds. The summed E-state index contributed by atoms with van der Waals surface area (Å²) in [7, 11) is 1.73. The second kappa shape index (κ2) is 5.33. The van der Waals surface area contributed by atoms with Crippen molar-refractivity contribution in [3.8, 4) is 0 Å². The van der Waals surface area contributed by atoms with E-state index in [2.05, 4.69) is 5.32 Å². The molecule has 5 nitrogen and oxygen atoms in total. The molecule has 2 unspecified atom stereocenters. The van der Waals surface area contributed by atoms with E-state index in [4.69, 9.17) is 14.3 Å². The Balaban J connectivity index is 1.86. The molecule has 0 spiro atoms. The van der Waals surface area contributed by atoms with E-state index in [9.17, 15) is 4.79 Å². The normalized spacial score (nSPS) is 24.1. The quantitative estimate of drug-likeness (QED) is 0.817. The zero-order chi connectivity index (χ0) is 12.3. The standard InChI is InChI=1S/C12H17NO4/c1-16-10-3-2-9(6-10)13-7-8-4-5-17-11(8)12(14)15/h4-5,9-10,13H,2-3,6-7H2,1H3,(H,14,15). The summed E-state index contributed by atoms with van der Waals surface area (Å²) in [6, 6.07) is 2.09. The highest BCUT2D eigenvalue weighted by Crippen LogP contribution is 2.22. The number of furan rings is 1. The Kier molecular flexibility index (Phi) is 3.81. The fraction of sp³-hybridized carbons (Fsp3) is 0.583. The minimum absolute atomic E-state index is 0.0267. The van der Waals surface area contributed by atoms with Crippen molar-refractivity contribution in [2.75, 3.05) is 7.11 Å². The van der Waals surface area contributed by atoms with E-state index in [1.165, 1.54) is 6.26 Å². The number of hydrogen-bond acceptors (Lipinski definition) is 4. The van der Waals surface area contributed by atoms with Crippen molar-refractivity contribution in [1.82, 2.24) is 5.32 Å². The van der Waals surface area contributed by atoms with E-state index in [1.807, 2.05) is 0 Å². The molecule has 0 radical (unpaired) electrons. The zero-order valence-corrected chi connectivity index (χ0v) is 9.81. The highest BCUT2D eigenvalue weighted by molar-refractivity contribution is 5.86. The Bertz CT molecular complexity index is 388. The number of carboxylic acid groups (broad SMARTS) is 1. The Morgan fingerprint density at radius 3 is 3.12 bits per heavy atom. The van der Waals surface area contributed by atoms with E-state index in [1.54, 1.807) is 13.2 Å². The minimum Gasteiger partial charge on any atom is -0.475 e. The number of nitrogens with one attached hydrogen (secondary N) is 1. The summed E-state index contributed by atoms with van der Waals surface area (Å²) in [6.45, 7) is 0.527. The predicted molar refractivity (Wildman–Crippen MR) is 60.9 cm³/mol. The Hall–Kier alpha value is -1.33. The van der Waals surface area contributed by atoms with E-state index < -0.39 is 5.97 Å². The van der Waals surface area contributed by atoms with Gasteiger partial charge in [-0.1, -0.05) is 0 Å². The number of ether oxygens (including phenoxy) is 1. The summed E-state index contributed by atoms with van der Waals surface area (Å²) >= 11 is 0. The van der Waals surface area contributed by atoms with Crippen LogP contribution in [0.3, 0.4) is 0 Å². The van der Waals surface area contributed by atoms with Gasteiger partial charge in [0.25, 0.3) is 0 Å². The lowest BCUT2D eigenvalue weighted by Crippen LogP contribution is -2.27. The van der Waals surface area contributed by atoms with Crippen LogP contribution in [0.5, 0.6) is 0 Å². The third-order valence-corrected chi connectivity index (χ3v) is 3.24. The van der Waals surface area contributed by atoms with Gasteiger partial charge in [-0.3, -0.25) is 0 Å². The number of rotatable bonds is 5. The molecule has 2 rings (SSSR count). The maximum Gasteiger partial charge on any atom is 0.372 e. The van der Waals surface area contributed by atoms with Gasteiger partial charge in [0.1, 0.15) is 0 Å². The van der Waals surface area contributed by atoms with Gasteiger partial charge in [-0.2, -0.15) is 0 Å². The topological polar surface area (TPSA) is 71.7 Å². The first-order valence-corrected chi connectivity index (χ1v) is 5.76. The van der Waals surface area contributed by atoms with Crippen LogP contribution in [0.1, 0.15) is 35.4 Å². The molecule has 0 aromatic carbocycles. The summed E-state index contributed by atoms with van der Waals surface area (Å²) in [6.07, 6.45) is 4.85. The SMILES string of the molecule is COC1CCC(NCc2ccoc2C(=O)O)C1. The van der Waals surface area contributed by atoms with Gasteiger partial charge >= 0.3 is 5.97 Å². The third kappa shape index (κ3) is 2.87. The number of aromatic carboxylic acids is 1. The van der Waals surface area contributed by atoms with E-state index in [0.29, 0.717) is 24.3 Å². The molecule has 1 aromatic heterocycles. The van der Waals surface area contributed by atoms with Crippen LogP contribution in [0.25, 0.3) is 0 Å². The fourth-order valence-electron chi connectivity index (χ4n) is 2.26. The number of carboxylic acids is 1. The van der Waals surface area contributed by atoms with Crippen LogP contribution >= 0.6 is 0 Å². The lowest BCUT2D eigenvalue weighted by Gasteiger charge is -2.12. The van der Waals surface area contributed by atoms with Crippen LogP contribution in [-0.2, 0) is 11.3 Å². The van der Waals surface area contributed by atoms with Gasteiger partial charge in [0, 0.05) is 25.3 Å². The molecule has 2 N–H and O–H groups in total. The van der Waals surface area contributed by atoms with Gasteiger partial charge in [0.15, 0.2) is 0 Å². The molecule has 1 saturated carbocycles. The monoisotopic (exact) mass is 239 g/mol. The molecule has 2 atom stereocenters. The van der Waals surface area contributed by atoms with E-state index >= 15 is 0 Å². The number of carbonyl (C=O) groups is 1. The molecule has 0 saturated heterocycles. The van der Waals surface area contributed by atoms with Crippen molar-refractivity contribution in [3.63, 3.8) is 0 Å². The first-order chi connectivity index (χ1) is 8.20. The van der Waals surface area contributed by atoms with Crippen molar-refractivity contribution >= 4 is 5.97 Å². The van der Waals surface area contributed by atoms with Crippen molar-refractivity contribution < 1.29 is 19.1 Å². The molecule has 1 aliphatic carbocycles. The average Bonchev–Trinajstić information content (AvgIpc) is 2.95. The summed E-state index contributed by atoms with van der Waals surface area (Å²) in [5, 5.41) is 12.2. The van der Waals surface area contributed by atoms with Crippen LogP contribution in [-0.4, -0.2) is 30.3 Å². The van der Waals surface area contributed by atoms with Crippen LogP contribution in [0.4, 0.5) is 0 Å². The Morgan fingerprint density at radius 1 is 1.65 bits per heavy atom. The molecule has 1 fully saturated rings. The molecule has 1 aliphatic rings. The van der Waals surface area contributed by atoms with Gasteiger partial charge in [-0.25, -0.2) is 4.79 Å². The summed E-state index contributed by atoms with van der Waals surface area (Å²) < 4.78 is 10.2. The maximum atomic E-state index is 10.8. The van der Waals surface area contributed by atoms with Crippen molar-refractivity contribution in [2.45, 2.75) is 38.0 Å². The molecular weight excluding hydrogens is 222 g/mol. The van der Waals surface area contributed by atoms with Gasteiger partial charge in [0.2, 0.25) is 5.76 Å². The molecule has 1 heterocycles. The molecule has 5 heteroatoms. The van der Waals surface area contributed by atoms with Crippen LogP contribution < -0.4 is 5.32 Å². The first kappa shape index (κ1) is 12.1. The smallest absolute Gasteiger partial charge is 0.372 e.